The van der Waals surface area contributed by atoms with Crippen molar-refractivity contribution in [1.82, 2.24) is 19.0 Å². The fraction of sp³-hybridized carbons (Fsp3) is 0.500. The topological polar surface area (TPSA) is 75.5 Å². The van der Waals surface area contributed by atoms with Crippen molar-refractivity contribution in [2.24, 2.45) is 0 Å². The van der Waals surface area contributed by atoms with Gasteiger partial charge >= 0.3 is 0 Å². The summed E-state index contributed by atoms with van der Waals surface area (Å²) in [7, 11) is -3.52. The van der Waals surface area contributed by atoms with Crippen molar-refractivity contribution < 1.29 is 13.2 Å². The van der Waals surface area contributed by atoms with Crippen LogP contribution < -0.4 is 0 Å². The van der Waals surface area contributed by atoms with Crippen LogP contribution in [0.3, 0.4) is 0 Å². The quantitative estimate of drug-likeness (QED) is 0.766. The number of aromatic nitrogens is 2. The van der Waals surface area contributed by atoms with Crippen LogP contribution in [0.4, 0.5) is 0 Å². The molecule has 0 N–H and O–H groups in total. The van der Waals surface area contributed by atoms with Gasteiger partial charge in [-0.05, 0) is 45.9 Å². The van der Waals surface area contributed by atoms with Crippen LogP contribution in [0.25, 0.3) is 0 Å². The van der Waals surface area contributed by atoms with Gasteiger partial charge in [-0.1, -0.05) is 17.7 Å². The molecule has 2 heterocycles. The lowest BCUT2D eigenvalue weighted by Gasteiger charge is -2.34. The van der Waals surface area contributed by atoms with Gasteiger partial charge in [0.1, 0.15) is 0 Å². The molecule has 1 atom stereocenters. The maximum Gasteiger partial charge on any atom is 0.243 e. The lowest BCUT2D eigenvalue weighted by atomic mass is 10.2. The zero-order chi connectivity index (χ0) is 20.5. The number of nitrogens with zero attached hydrogens (tertiary/aromatic N) is 4. The summed E-state index contributed by atoms with van der Waals surface area (Å²) in [5.41, 5.74) is 2.99. The highest BCUT2D eigenvalue weighted by molar-refractivity contribution is 7.89. The number of aryl methyl sites for hydroxylation is 3. The van der Waals surface area contributed by atoms with Crippen molar-refractivity contribution in [2.45, 2.75) is 45.1 Å². The molecule has 2 aromatic rings. The average molecular weight is 405 g/mol. The Hall–Kier alpha value is -2.19. The van der Waals surface area contributed by atoms with Crippen molar-refractivity contribution in [3.05, 3.63) is 47.3 Å². The maximum atomic E-state index is 12.8. The maximum absolute atomic E-state index is 12.8. The van der Waals surface area contributed by atoms with E-state index in [1.807, 2.05) is 38.4 Å². The molecule has 1 amide bonds. The predicted octanol–water partition coefficient (Wildman–Crippen LogP) is 2.29. The highest BCUT2D eigenvalue weighted by Crippen LogP contribution is 2.20. The Morgan fingerprint density at radius 2 is 1.68 bits per heavy atom. The second kappa shape index (κ2) is 8.05. The van der Waals surface area contributed by atoms with Crippen LogP contribution in [0, 0.1) is 20.8 Å². The van der Waals surface area contributed by atoms with Gasteiger partial charge in [0.05, 0.1) is 16.6 Å². The van der Waals surface area contributed by atoms with Gasteiger partial charge in [-0.25, -0.2) is 8.42 Å². The summed E-state index contributed by atoms with van der Waals surface area (Å²) in [6.07, 6.45) is 0.354. The molecule has 0 unspecified atom stereocenters. The highest BCUT2D eigenvalue weighted by atomic mass is 32.2. The van der Waals surface area contributed by atoms with Crippen molar-refractivity contribution >= 4 is 15.9 Å². The van der Waals surface area contributed by atoms with Gasteiger partial charge < -0.3 is 4.90 Å². The molecule has 1 aliphatic heterocycles. The van der Waals surface area contributed by atoms with Crippen LogP contribution in [-0.2, 0) is 14.8 Å². The normalized spacial score (nSPS) is 16.9. The number of amides is 1. The molecule has 1 aliphatic rings. The SMILES string of the molecule is Cc1ccc(S(=O)(=O)N2CCN(C(=O)C[C@H](C)n3nc(C)cc3C)CC2)cc1. The van der Waals surface area contributed by atoms with E-state index in [1.54, 1.807) is 29.2 Å². The number of hydrogen-bond donors (Lipinski definition) is 0. The number of carbonyl (C=O) groups excluding carboxylic acids is 1. The summed E-state index contributed by atoms with van der Waals surface area (Å²) < 4.78 is 28.9. The van der Waals surface area contributed by atoms with Gasteiger partial charge in [-0.2, -0.15) is 9.40 Å². The second-order valence-electron chi connectivity index (χ2n) is 7.52. The monoisotopic (exact) mass is 404 g/mol. The van der Waals surface area contributed by atoms with Crippen LogP contribution in [0.15, 0.2) is 35.2 Å². The Morgan fingerprint density at radius 1 is 1.07 bits per heavy atom. The summed E-state index contributed by atoms with van der Waals surface area (Å²) in [5.74, 6) is 0.0347. The number of carbonyl (C=O) groups is 1. The third kappa shape index (κ3) is 4.28. The summed E-state index contributed by atoms with van der Waals surface area (Å²) in [4.78, 5) is 14.7. The molecule has 1 aromatic heterocycles. The minimum atomic E-state index is -3.52. The Kier molecular flexibility index (Phi) is 5.90. The van der Waals surface area contributed by atoms with E-state index in [1.165, 1.54) is 4.31 Å². The van der Waals surface area contributed by atoms with Crippen LogP contribution in [-0.4, -0.2) is 59.5 Å². The minimum Gasteiger partial charge on any atom is -0.340 e. The van der Waals surface area contributed by atoms with Crippen LogP contribution in [0.5, 0.6) is 0 Å². The summed E-state index contributed by atoms with van der Waals surface area (Å²) in [5, 5.41) is 4.45. The van der Waals surface area contributed by atoms with E-state index in [9.17, 15) is 13.2 Å². The van der Waals surface area contributed by atoms with Gasteiger partial charge in [-0.15, -0.1) is 0 Å². The molecule has 0 radical (unpaired) electrons. The highest BCUT2D eigenvalue weighted by Gasteiger charge is 2.30. The molecule has 7 nitrogen and oxygen atoms in total. The van der Waals surface area contributed by atoms with Crippen LogP contribution >= 0.6 is 0 Å². The molecule has 3 rings (SSSR count). The van der Waals surface area contributed by atoms with Gasteiger partial charge in [0.2, 0.25) is 15.9 Å². The fourth-order valence-corrected chi connectivity index (χ4v) is 5.02. The van der Waals surface area contributed by atoms with Crippen molar-refractivity contribution in [3.8, 4) is 0 Å². The third-order valence-electron chi connectivity index (χ3n) is 5.18. The lowest BCUT2D eigenvalue weighted by Crippen LogP contribution is -2.50. The van der Waals surface area contributed by atoms with Gasteiger partial charge in [-0.3, -0.25) is 9.48 Å². The zero-order valence-corrected chi connectivity index (χ0v) is 17.7. The molecule has 1 saturated heterocycles. The van der Waals surface area contributed by atoms with E-state index in [-0.39, 0.29) is 11.9 Å². The first-order valence-corrected chi connectivity index (χ1v) is 11.0. The predicted molar refractivity (Wildman–Crippen MR) is 108 cm³/mol. The zero-order valence-electron chi connectivity index (χ0n) is 16.9. The van der Waals surface area contributed by atoms with E-state index in [0.717, 1.165) is 17.0 Å². The van der Waals surface area contributed by atoms with E-state index < -0.39 is 10.0 Å². The molecule has 0 bridgehead atoms. The molecule has 1 fully saturated rings. The Labute approximate surface area is 167 Å². The summed E-state index contributed by atoms with van der Waals surface area (Å²) in [6.45, 7) is 9.28. The molecular weight excluding hydrogens is 376 g/mol. The molecule has 0 aliphatic carbocycles. The summed E-state index contributed by atoms with van der Waals surface area (Å²) >= 11 is 0. The van der Waals surface area contributed by atoms with Crippen LogP contribution in [0.1, 0.15) is 36.3 Å². The number of piperazine rings is 1. The van der Waals surface area contributed by atoms with Gasteiger partial charge in [0.15, 0.2) is 0 Å². The Morgan fingerprint density at radius 3 is 2.21 bits per heavy atom. The van der Waals surface area contributed by atoms with Crippen molar-refractivity contribution in [1.29, 1.82) is 0 Å². The number of rotatable bonds is 5. The molecule has 8 heteroatoms. The third-order valence-corrected chi connectivity index (χ3v) is 7.10. The molecule has 28 heavy (non-hydrogen) atoms. The molecular formula is C20H28N4O3S. The smallest absolute Gasteiger partial charge is 0.243 e. The standard InChI is InChI=1S/C20H28N4O3S/c1-15-5-7-19(8-6-15)28(26,27)23-11-9-22(10-12-23)20(25)14-18(4)24-17(3)13-16(2)21-24/h5-8,13,18H,9-12,14H2,1-4H3/t18-/m0/s1. The summed E-state index contributed by atoms with van der Waals surface area (Å²) in [6, 6.07) is 8.84. The average Bonchev–Trinajstić information content (AvgIpc) is 3.00. The van der Waals surface area contributed by atoms with E-state index in [4.69, 9.17) is 0 Å². The van der Waals surface area contributed by atoms with Gasteiger partial charge in [0, 0.05) is 38.3 Å². The largest absolute Gasteiger partial charge is 0.340 e. The number of benzene rings is 1. The van der Waals surface area contributed by atoms with E-state index in [0.29, 0.717) is 37.5 Å². The fourth-order valence-electron chi connectivity index (χ4n) is 3.60. The Balaban J connectivity index is 1.59. The number of hydrogen-bond acceptors (Lipinski definition) is 4. The van der Waals surface area contributed by atoms with E-state index >= 15 is 0 Å². The molecule has 1 aromatic carbocycles. The van der Waals surface area contributed by atoms with E-state index in [2.05, 4.69) is 5.10 Å². The minimum absolute atomic E-state index is 0.0319. The van der Waals surface area contributed by atoms with Crippen molar-refractivity contribution in [2.75, 3.05) is 26.2 Å². The number of sulfonamides is 1. The first kappa shape index (κ1) is 20.5. The first-order valence-electron chi connectivity index (χ1n) is 9.56. The second-order valence-corrected chi connectivity index (χ2v) is 9.46. The van der Waals surface area contributed by atoms with Crippen LogP contribution in [0.2, 0.25) is 0 Å². The van der Waals surface area contributed by atoms with Crippen molar-refractivity contribution in [3.63, 3.8) is 0 Å². The molecule has 152 valence electrons. The van der Waals surface area contributed by atoms with Gasteiger partial charge in [0.25, 0.3) is 0 Å². The first-order chi connectivity index (χ1) is 13.2. The lowest BCUT2D eigenvalue weighted by molar-refractivity contribution is -0.133. The molecule has 0 spiro atoms. The molecule has 0 saturated carbocycles. The Bertz CT molecular complexity index is 942.